The molecule has 0 aliphatic carbocycles. The van der Waals surface area contributed by atoms with Gasteiger partial charge in [-0.05, 0) is 30.7 Å². The van der Waals surface area contributed by atoms with Crippen LogP contribution >= 0.6 is 0 Å². The molecule has 0 aliphatic heterocycles. The Bertz CT molecular complexity index is 567. The summed E-state index contributed by atoms with van der Waals surface area (Å²) in [5.41, 5.74) is 3.63. The Hall–Kier alpha value is -2.36. The predicted octanol–water partition coefficient (Wildman–Crippen LogP) is 2.63. The first kappa shape index (κ1) is 12.1. The molecule has 0 atom stereocenters. The number of ether oxygens (including phenoxy) is 1. The second-order valence-electron chi connectivity index (χ2n) is 3.86. The van der Waals surface area contributed by atoms with Crippen LogP contribution < -0.4 is 10.1 Å². The molecule has 92 valence electrons. The van der Waals surface area contributed by atoms with Gasteiger partial charge in [0.2, 0.25) is 12.3 Å². The largest absolute Gasteiger partial charge is 0.481 e. The SMILES string of the molecule is COc1cccc(-c2cc(NC=O)ccc2C)n1. The number of hydrogen-bond donors (Lipinski definition) is 1. The summed E-state index contributed by atoms with van der Waals surface area (Å²) in [6, 6.07) is 11.3. The molecule has 0 unspecified atom stereocenters. The molecule has 2 rings (SSSR count). The third-order valence-electron chi connectivity index (χ3n) is 2.67. The number of aromatic nitrogens is 1. The molecule has 0 aliphatic rings. The van der Waals surface area contributed by atoms with Crippen LogP contribution in [0.2, 0.25) is 0 Å². The van der Waals surface area contributed by atoms with Crippen molar-refractivity contribution in [1.29, 1.82) is 0 Å². The van der Waals surface area contributed by atoms with Gasteiger partial charge in [-0.2, -0.15) is 0 Å². The van der Waals surface area contributed by atoms with Crippen molar-refractivity contribution in [2.45, 2.75) is 6.92 Å². The normalized spacial score (nSPS) is 9.89. The van der Waals surface area contributed by atoms with Crippen LogP contribution in [0, 0.1) is 6.92 Å². The highest BCUT2D eigenvalue weighted by Crippen LogP contribution is 2.26. The third-order valence-corrected chi connectivity index (χ3v) is 2.67. The van der Waals surface area contributed by atoms with Crippen molar-refractivity contribution in [1.82, 2.24) is 4.98 Å². The van der Waals surface area contributed by atoms with Gasteiger partial charge in [-0.15, -0.1) is 0 Å². The maximum Gasteiger partial charge on any atom is 0.213 e. The van der Waals surface area contributed by atoms with Gasteiger partial charge in [0.1, 0.15) is 0 Å². The number of hydrogen-bond acceptors (Lipinski definition) is 3. The van der Waals surface area contributed by atoms with Gasteiger partial charge in [0.25, 0.3) is 0 Å². The third kappa shape index (κ3) is 2.48. The van der Waals surface area contributed by atoms with E-state index in [1.54, 1.807) is 13.2 Å². The number of anilines is 1. The zero-order chi connectivity index (χ0) is 13.0. The Balaban J connectivity index is 2.47. The molecule has 0 spiro atoms. The lowest BCUT2D eigenvalue weighted by Gasteiger charge is -2.09. The first-order chi connectivity index (χ1) is 8.74. The molecule has 0 fully saturated rings. The van der Waals surface area contributed by atoms with Crippen molar-refractivity contribution >= 4 is 12.1 Å². The summed E-state index contributed by atoms with van der Waals surface area (Å²) in [5.74, 6) is 0.570. The van der Waals surface area contributed by atoms with Crippen LogP contribution in [0.15, 0.2) is 36.4 Å². The molecule has 1 amide bonds. The summed E-state index contributed by atoms with van der Waals surface area (Å²) < 4.78 is 5.11. The number of carbonyl (C=O) groups is 1. The van der Waals surface area contributed by atoms with Crippen molar-refractivity contribution < 1.29 is 9.53 Å². The summed E-state index contributed by atoms with van der Waals surface area (Å²) in [4.78, 5) is 14.8. The fourth-order valence-electron chi connectivity index (χ4n) is 1.73. The first-order valence-electron chi connectivity index (χ1n) is 5.57. The highest BCUT2D eigenvalue weighted by Gasteiger charge is 2.06. The van der Waals surface area contributed by atoms with Gasteiger partial charge in [0.15, 0.2) is 0 Å². The first-order valence-corrected chi connectivity index (χ1v) is 5.57. The predicted molar refractivity (Wildman–Crippen MR) is 70.6 cm³/mol. The van der Waals surface area contributed by atoms with Gasteiger partial charge < -0.3 is 10.1 Å². The van der Waals surface area contributed by atoms with E-state index in [-0.39, 0.29) is 0 Å². The number of benzene rings is 1. The van der Waals surface area contributed by atoms with Crippen molar-refractivity contribution in [2.24, 2.45) is 0 Å². The van der Waals surface area contributed by atoms with E-state index in [2.05, 4.69) is 10.3 Å². The minimum absolute atomic E-state index is 0.570. The Morgan fingerprint density at radius 2 is 2.11 bits per heavy atom. The summed E-state index contributed by atoms with van der Waals surface area (Å²) in [6.45, 7) is 2.00. The zero-order valence-electron chi connectivity index (χ0n) is 10.3. The van der Waals surface area contributed by atoms with Gasteiger partial charge in [-0.1, -0.05) is 12.1 Å². The molecule has 0 saturated heterocycles. The number of carbonyl (C=O) groups excluding carboxylic acids is 1. The molecular formula is C14H14N2O2. The summed E-state index contributed by atoms with van der Waals surface area (Å²) in [7, 11) is 1.59. The Morgan fingerprint density at radius 1 is 1.28 bits per heavy atom. The van der Waals surface area contributed by atoms with Crippen LogP contribution in [-0.4, -0.2) is 18.5 Å². The van der Waals surface area contributed by atoms with E-state index >= 15 is 0 Å². The topological polar surface area (TPSA) is 51.2 Å². The van der Waals surface area contributed by atoms with E-state index in [1.807, 2.05) is 37.3 Å². The number of amides is 1. The molecule has 1 aromatic carbocycles. The van der Waals surface area contributed by atoms with Crippen molar-refractivity contribution in [2.75, 3.05) is 12.4 Å². The molecule has 4 heteroatoms. The van der Waals surface area contributed by atoms with E-state index in [4.69, 9.17) is 4.74 Å². The molecule has 0 bridgehead atoms. The average molecular weight is 242 g/mol. The smallest absolute Gasteiger partial charge is 0.213 e. The van der Waals surface area contributed by atoms with E-state index in [0.29, 0.717) is 12.3 Å². The molecule has 2 aromatic rings. The number of nitrogens with zero attached hydrogens (tertiary/aromatic N) is 1. The highest BCUT2D eigenvalue weighted by molar-refractivity contribution is 5.76. The Kier molecular flexibility index (Phi) is 3.57. The number of aryl methyl sites for hydroxylation is 1. The van der Waals surface area contributed by atoms with Crippen LogP contribution in [0.3, 0.4) is 0 Å². The summed E-state index contributed by atoms with van der Waals surface area (Å²) in [5, 5.41) is 2.63. The molecule has 1 N–H and O–H groups in total. The van der Waals surface area contributed by atoms with Crippen LogP contribution in [-0.2, 0) is 4.79 Å². The van der Waals surface area contributed by atoms with Crippen LogP contribution in [0.1, 0.15) is 5.56 Å². The maximum absolute atomic E-state index is 10.5. The molecule has 18 heavy (non-hydrogen) atoms. The van der Waals surface area contributed by atoms with Gasteiger partial charge in [0.05, 0.1) is 12.8 Å². The standard InChI is InChI=1S/C14H14N2O2/c1-10-6-7-11(15-9-17)8-12(10)13-4-3-5-14(16-13)18-2/h3-9H,1-2H3,(H,15,17). The minimum atomic E-state index is 0.570. The fraction of sp³-hybridized carbons (Fsp3) is 0.143. The van der Waals surface area contributed by atoms with Gasteiger partial charge >= 0.3 is 0 Å². The lowest BCUT2D eigenvalue weighted by molar-refractivity contribution is -0.105. The number of pyridine rings is 1. The maximum atomic E-state index is 10.5. The lowest BCUT2D eigenvalue weighted by Crippen LogP contribution is -1.96. The molecule has 4 nitrogen and oxygen atoms in total. The van der Waals surface area contributed by atoms with E-state index in [9.17, 15) is 4.79 Å². The Labute approximate surface area is 106 Å². The minimum Gasteiger partial charge on any atom is -0.481 e. The number of methoxy groups -OCH3 is 1. The van der Waals surface area contributed by atoms with Gasteiger partial charge in [0, 0.05) is 17.3 Å². The molecule has 1 heterocycles. The summed E-state index contributed by atoms with van der Waals surface area (Å²) >= 11 is 0. The quantitative estimate of drug-likeness (QED) is 0.838. The number of nitrogens with one attached hydrogen (secondary N) is 1. The molecule has 1 aromatic heterocycles. The van der Waals surface area contributed by atoms with Crippen molar-refractivity contribution in [3.05, 3.63) is 42.0 Å². The monoisotopic (exact) mass is 242 g/mol. The van der Waals surface area contributed by atoms with E-state index < -0.39 is 0 Å². The highest BCUT2D eigenvalue weighted by atomic mass is 16.5. The molecule has 0 radical (unpaired) electrons. The van der Waals surface area contributed by atoms with E-state index in [0.717, 1.165) is 22.5 Å². The number of rotatable bonds is 4. The lowest BCUT2D eigenvalue weighted by atomic mass is 10.0. The van der Waals surface area contributed by atoms with Crippen molar-refractivity contribution in [3.8, 4) is 17.1 Å². The second kappa shape index (κ2) is 5.31. The van der Waals surface area contributed by atoms with E-state index in [1.165, 1.54) is 0 Å². The van der Waals surface area contributed by atoms with Crippen LogP contribution in [0.4, 0.5) is 5.69 Å². The van der Waals surface area contributed by atoms with Crippen LogP contribution in [0.5, 0.6) is 5.88 Å². The fourth-order valence-corrected chi connectivity index (χ4v) is 1.73. The molecular weight excluding hydrogens is 228 g/mol. The van der Waals surface area contributed by atoms with Gasteiger partial charge in [-0.3, -0.25) is 4.79 Å². The summed E-state index contributed by atoms with van der Waals surface area (Å²) in [6.07, 6.45) is 0.660. The molecule has 0 saturated carbocycles. The Morgan fingerprint density at radius 3 is 2.83 bits per heavy atom. The van der Waals surface area contributed by atoms with Crippen LogP contribution in [0.25, 0.3) is 11.3 Å². The second-order valence-corrected chi connectivity index (χ2v) is 3.86. The van der Waals surface area contributed by atoms with Gasteiger partial charge in [-0.25, -0.2) is 4.98 Å². The zero-order valence-corrected chi connectivity index (χ0v) is 10.3. The average Bonchev–Trinajstić information content (AvgIpc) is 2.41. The van der Waals surface area contributed by atoms with Crippen molar-refractivity contribution in [3.63, 3.8) is 0 Å².